The lowest BCUT2D eigenvalue weighted by Crippen LogP contribution is -1.94. The Morgan fingerprint density at radius 2 is 0.847 bits per heavy atom. The van der Waals surface area contributed by atoms with E-state index in [4.69, 9.17) is 15.0 Å². The summed E-state index contributed by atoms with van der Waals surface area (Å²) in [5.41, 5.74) is 14.7. The molecule has 0 N–H and O–H groups in total. The van der Waals surface area contributed by atoms with Crippen molar-refractivity contribution in [1.29, 1.82) is 0 Å². The highest BCUT2D eigenvalue weighted by atomic mass is 15.0. The fraction of sp³-hybridized carbons (Fsp3) is 0. The molecule has 4 nitrogen and oxygen atoms in total. The molecule has 0 aliphatic rings. The first-order valence-electron chi connectivity index (χ1n) is 20.0. The van der Waals surface area contributed by atoms with Crippen LogP contribution in [0.15, 0.2) is 206 Å². The standard InChI is InChI=1S/C55H34N4/c1-4-12-36(13-5-1)48-29-26-39-24-25-40-27-30-49(57-55(40)54(39)56-48)37-22-20-35(21-23-37)41-28-31-51-45(32-41)46-33-44-43-18-10-11-19-50(43)58-53(38-14-6-2-7-15-38)47(44)34-52(46)59(51)42-16-8-3-9-17-42/h1-34H. The molecule has 0 amide bonds. The molecule has 274 valence electrons. The SMILES string of the molecule is c1ccc(-c2ccc3ccc4ccc(-c5ccc(-c6ccc7c(c6)c6cc8c(cc6n7-c6ccccc6)c(-c6ccccc6)nc6ccccc68)cc5)nc4c3n2)cc1. The van der Waals surface area contributed by atoms with Crippen LogP contribution in [0.1, 0.15) is 0 Å². The molecule has 12 rings (SSSR count). The maximum absolute atomic E-state index is 5.25. The quantitative estimate of drug-likeness (QED) is 0.165. The second-order valence-electron chi connectivity index (χ2n) is 15.2. The van der Waals surface area contributed by atoms with Crippen LogP contribution in [0.4, 0.5) is 0 Å². The van der Waals surface area contributed by atoms with E-state index in [0.29, 0.717) is 0 Å². The minimum absolute atomic E-state index is 0.911. The molecule has 0 fully saturated rings. The van der Waals surface area contributed by atoms with Crippen LogP contribution in [0.5, 0.6) is 0 Å². The van der Waals surface area contributed by atoms with Crippen LogP contribution >= 0.6 is 0 Å². The Hall–Kier alpha value is -7.95. The Bertz CT molecular complexity index is 3580. The smallest absolute Gasteiger partial charge is 0.0972 e. The van der Waals surface area contributed by atoms with Crippen LogP contribution in [-0.2, 0) is 0 Å². The van der Waals surface area contributed by atoms with Crippen molar-refractivity contribution in [2.24, 2.45) is 0 Å². The summed E-state index contributed by atoms with van der Waals surface area (Å²) < 4.78 is 2.40. The summed E-state index contributed by atoms with van der Waals surface area (Å²) >= 11 is 0. The summed E-state index contributed by atoms with van der Waals surface area (Å²) in [4.78, 5) is 15.6. The molecular weight excluding hydrogens is 717 g/mol. The maximum Gasteiger partial charge on any atom is 0.0972 e. The third kappa shape index (κ3) is 5.49. The van der Waals surface area contributed by atoms with Crippen LogP contribution in [0.25, 0.3) is 116 Å². The molecule has 0 unspecified atom stereocenters. The van der Waals surface area contributed by atoms with Crippen molar-refractivity contribution < 1.29 is 0 Å². The summed E-state index contributed by atoms with van der Waals surface area (Å²) in [6.45, 7) is 0. The maximum atomic E-state index is 5.25. The fourth-order valence-electron chi connectivity index (χ4n) is 8.85. The minimum Gasteiger partial charge on any atom is -0.309 e. The number of hydrogen-bond donors (Lipinski definition) is 0. The molecule has 4 heterocycles. The molecule has 8 aromatic carbocycles. The Morgan fingerprint density at radius 1 is 0.305 bits per heavy atom. The van der Waals surface area contributed by atoms with Crippen LogP contribution in [0.3, 0.4) is 0 Å². The summed E-state index contributed by atoms with van der Waals surface area (Å²) in [6.07, 6.45) is 0. The van der Waals surface area contributed by atoms with E-state index in [1.54, 1.807) is 0 Å². The largest absolute Gasteiger partial charge is 0.309 e. The van der Waals surface area contributed by atoms with Gasteiger partial charge in [-0.3, -0.25) is 0 Å². The van der Waals surface area contributed by atoms with Crippen molar-refractivity contribution in [2.75, 3.05) is 0 Å². The molecule has 0 bridgehead atoms. The fourth-order valence-corrected chi connectivity index (χ4v) is 8.85. The van der Waals surface area contributed by atoms with E-state index in [1.807, 2.05) is 18.2 Å². The topological polar surface area (TPSA) is 43.6 Å². The summed E-state index contributed by atoms with van der Waals surface area (Å²) in [7, 11) is 0. The number of benzene rings is 8. The lowest BCUT2D eigenvalue weighted by atomic mass is 9.97. The Labute approximate surface area is 340 Å². The van der Waals surface area contributed by atoms with Gasteiger partial charge in [-0.1, -0.05) is 152 Å². The zero-order chi connectivity index (χ0) is 38.9. The van der Waals surface area contributed by atoms with Gasteiger partial charge in [-0.25, -0.2) is 15.0 Å². The highest BCUT2D eigenvalue weighted by Crippen LogP contribution is 2.41. The van der Waals surface area contributed by atoms with Gasteiger partial charge in [-0.05, 0) is 71.1 Å². The van der Waals surface area contributed by atoms with E-state index in [9.17, 15) is 0 Å². The van der Waals surface area contributed by atoms with Crippen LogP contribution in [-0.4, -0.2) is 19.5 Å². The second-order valence-corrected chi connectivity index (χ2v) is 15.2. The van der Waals surface area contributed by atoms with Gasteiger partial charge >= 0.3 is 0 Å². The molecule has 12 aromatic rings. The van der Waals surface area contributed by atoms with E-state index in [2.05, 4.69) is 193 Å². The molecule has 4 aromatic heterocycles. The molecule has 0 radical (unpaired) electrons. The molecule has 0 aliphatic heterocycles. The molecular formula is C55H34N4. The Morgan fingerprint density at radius 3 is 1.54 bits per heavy atom. The first-order chi connectivity index (χ1) is 29.2. The van der Waals surface area contributed by atoms with Gasteiger partial charge < -0.3 is 4.57 Å². The van der Waals surface area contributed by atoms with E-state index in [-0.39, 0.29) is 0 Å². The Kier molecular flexibility index (Phi) is 7.50. The Balaban J connectivity index is 1.00. The highest BCUT2D eigenvalue weighted by molar-refractivity contribution is 6.20. The van der Waals surface area contributed by atoms with Crippen molar-refractivity contribution in [2.45, 2.75) is 0 Å². The lowest BCUT2D eigenvalue weighted by Gasteiger charge is -2.12. The van der Waals surface area contributed by atoms with Gasteiger partial charge in [-0.2, -0.15) is 0 Å². The van der Waals surface area contributed by atoms with Crippen molar-refractivity contribution in [3.05, 3.63) is 206 Å². The van der Waals surface area contributed by atoms with Crippen molar-refractivity contribution in [3.63, 3.8) is 0 Å². The van der Waals surface area contributed by atoms with Crippen molar-refractivity contribution in [3.8, 4) is 50.6 Å². The van der Waals surface area contributed by atoms with E-state index in [0.717, 1.165) is 99.7 Å². The molecule has 59 heavy (non-hydrogen) atoms. The monoisotopic (exact) mass is 750 g/mol. The van der Waals surface area contributed by atoms with Crippen LogP contribution < -0.4 is 0 Å². The van der Waals surface area contributed by atoms with Gasteiger partial charge in [0, 0.05) is 54.7 Å². The first kappa shape index (κ1) is 33.2. The zero-order valence-electron chi connectivity index (χ0n) is 31.9. The van der Waals surface area contributed by atoms with E-state index < -0.39 is 0 Å². The van der Waals surface area contributed by atoms with Gasteiger partial charge in [0.1, 0.15) is 0 Å². The van der Waals surface area contributed by atoms with Gasteiger partial charge in [0.25, 0.3) is 0 Å². The highest BCUT2D eigenvalue weighted by Gasteiger charge is 2.18. The van der Waals surface area contributed by atoms with Crippen molar-refractivity contribution in [1.82, 2.24) is 19.5 Å². The van der Waals surface area contributed by atoms with Gasteiger partial charge in [0.2, 0.25) is 0 Å². The first-order valence-corrected chi connectivity index (χ1v) is 20.0. The number of nitrogens with zero attached hydrogens (tertiary/aromatic N) is 4. The summed E-state index contributed by atoms with van der Waals surface area (Å²) in [5.74, 6) is 0. The van der Waals surface area contributed by atoms with Gasteiger partial charge in [0.15, 0.2) is 0 Å². The average molecular weight is 751 g/mol. The molecule has 0 spiro atoms. The van der Waals surface area contributed by atoms with Gasteiger partial charge in [0.05, 0.1) is 44.7 Å². The van der Waals surface area contributed by atoms with E-state index >= 15 is 0 Å². The third-order valence-electron chi connectivity index (χ3n) is 11.8. The van der Waals surface area contributed by atoms with Gasteiger partial charge in [-0.15, -0.1) is 0 Å². The zero-order valence-corrected chi connectivity index (χ0v) is 31.9. The lowest BCUT2D eigenvalue weighted by molar-refractivity contribution is 1.18. The summed E-state index contributed by atoms with van der Waals surface area (Å²) in [6, 6.07) is 73.3. The molecule has 0 saturated heterocycles. The predicted molar refractivity (Wildman–Crippen MR) is 246 cm³/mol. The number of aromatic nitrogens is 4. The van der Waals surface area contributed by atoms with Crippen molar-refractivity contribution >= 4 is 65.3 Å². The third-order valence-corrected chi connectivity index (χ3v) is 11.8. The second kappa shape index (κ2) is 13.3. The number of fused-ring (bicyclic) bond motifs is 9. The van der Waals surface area contributed by atoms with E-state index in [1.165, 1.54) is 16.2 Å². The number of hydrogen-bond acceptors (Lipinski definition) is 3. The van der Waals surface area contributed by atoms with Crippen LogP contribution in [0, 0.1) is 0 Å². The number of pyridine rings is 3. The minimum atomic E-state index is 0.911. The average Bonchev–Trinajstić information content (AvgIpc) is 3.63. The molecule has 0 saturated carbocycles. The number of rotatable bonds is 5. The predicted octanol–water partition coefficient (Wildman–Crippen LogP) is 14.2. The normalized spacial score (nSPS) is 11.7. The van der Waals surface area contributed by atoms with Crippen LogP contribution in [0.2, 0.25) is 0 Å². The molecule has 0 aliphatic carbocycles. The molecule has 4 heteroatoms. The summed E-state index contributed by atoms with van der Waals surface area (Å²) in [5, 5.41) is 8.07. The number of para-hydroxylation sites is 2. The molecule has 0 atom stereocenters.